The number of hydrogen-bond acceptors (Lipinski definition) is 5. The number of anilines is 1. The van der Waals surface area contributed by atoms with Crippen LogP contribution in [-0.4, -0.2) is 34.5 Å². The molecular formula is C22H24N2O4S2. The van der Waals surface area contributed by atoms with Crippen LogP contribution >= 0.6 is 11.3 Å². The number of nitrogens with one attached hydrogen (secondary N) is 1. The molecule has 0 spiro atoms. The minimum Gasteiger partial charge on any atom is -0.494 e. The normalized spacial score (nSPS) is 11.1. The summed E-state index contributed by atoms with van der Waals surface area (Å²) in [5, 5.41) is 4.43. The van der Waals surface area contributed by atoms with Crippen molar-refractivity contribution in [3.63, 3.8) is 0 Å². The zero-order valence-corrected chi connectivity index (χ0v) is 18.5. The summed E-state index contributed by atoms with van der Waals surface area (Å²) in [5.74, 6) is 0.278. The highest BCUT2D eigenvalue weighted by Crippen LogP contribution is 2.29. The van der Waals surface area contributed by atoms with Gasteiger partial charge in [-0.25, -0.2) is 8.42 Å². The van der Waals surface area contributed by atoms with Crippen LogP contribution in [0, 0.1) is 0 Å². The van der Waals surface area contributed by atoms with Gasteiger partial charge in [-0.1, -0.05) is 30.3 Å². The molecule has 2 aromatic carbocycles. The number of nitrogens with zero attached hydrogens (tertiary/aromatic N) is 1. The average molecular weight is 445 g/mol. The van der Waals surface area contributed by atoms with E-state index >= 15 is 0 Å². The molecule has 1 aromatic heterocycles. The number of amides is 1. The number of hydrogen-bond donors (Lipinski definition) is 1. The van der Waals surface area contributed by atoms with Crippen molar-refractivity contribution in [2.75, 3.05) is 24.5 Å². The van der Waals surface area contributed by atoms with E-state index < -0.39 is 10.0 Å². The first-order valence-corrected chi connectivity index (χ1v) is 11.9. The van der Waals surface area contributed by atoms with Crippen molar-refractivity contribution < 1.29 is 17.9 Å². The van der Waals surface area contributed by atoms with Gasteiger partial charge < -0.3 is 10.1 Å². The lowest BCUT2D eigenvalue weighted by atomic mass is 10.1. The van der Waals surface area contributed by atoms with E-state index in [1.165, 1.54) is 17.4 Å². The van der Waals surface area contributed by atoms with Crippen molar-refractivity contribution in [2.24, 2.45) is 0 Å². The van der Waals surface area contributed by atoms with Gasteiger partial charge in [0.2, 0.25) is 0 Å². The number of ether oxygens (including phenoxy) is 1. The highest BCUT2D eigenvalue weighted by Gasteiger charge is 2.28. The smallest absolute Gasteiger partial charge is 0.265 e. The molecule has 0 saturated heterocycles. The SMILES string of the molecule is CCOc1ccc(N(C)S(=O)(=O)c2ccsc2C(=O)NCCc2ccccc2)cc1. The summed E-state index contributed by atoms with van der Waals surface area (Å²) < 4.78 is 32.9. The third-order valence-electron chi connectivity index (χ3n) is 4.53. The maximum atomic E-state index is 13.1. The Hall–Kier alpha value is -2.84. The van der Waals surface area contributed by atoms with Crippen LogP contribution in [0.15, 0.2) is 70.9 Å². The van der Waals surface area contributed by atoms with Gasteiger partial charge >= 0.3 is 0 Å². The summed E-state index contributed by atoms with van der Waals surface area (Å²) in [5.41, 5.74) is 1.59. The van der Waals surface area contributed by atoms with E-state index in [1.807, 2.05) is 37.3 Å². The van der Waals surface area contributed by atoms with E-state index in [-0.39, 0.29) is 15.7 Å². The van der Waals surface area contributed by atoms with Gasteiger partial charge in [0.1, 0.15) is 15.5 Å². The Balaban J connectivity index is 1.72. The monoisotopic (exact) mass is 444 g/mol. The first-order chi connectivity index (χ1) is 14.4. The van der Waals surface area contributed by atoms with Crippen molar-refractivity contribution in [2.45, 2.75) is 18.2 Å². The highest BCUT2D eigenvalue weighted by atomic mass is 32.2. The fourth-order valence-corrected chi connectivity index (χ4v) is 5.43. The third kappa shape index (κ3) is 5.01. The highest BCUT2D eigenvalue weighted by molar-refractivity contribution is 7.93. The minimum absolute atomic E-state index is 0.00101. The van der Waals surface area contributed by atoms with Crippen molar-refractivity contribution in [1.29, 1.82) is 0 Å². The minimum atomic E-state index is -3.88. The number of carbonyl (C=O) groups excluding carboxylic acids is 1. The molecule has 0 aliphatic carbocycles. The number of benzene rings is 2. The van der Waals surface area contributed by atoms with Gasteiger partial charge in [-0.3, -0.25) is 9.10 Å². The first kappa shape index (κ1) is 21.9. The van der Waals surface area contributed by atoms with Gasteiger partial charge in [0.25, 0.3) is 15.9 Å². The summed E-state index contributed by atoms with van der Waals surface area (Å²) in [6.07, 6.45) is 0.673. The fourth-order valence-electron chi connectivity index (χ4n) is 2.92. The molecule has 0 fully saturated rings. The molecular weight excluding hydrogens is 420 g/mol. The zero-order valence-electron chi connectivity index (χ0n) is 16.9. The van der Waals surface area contributed by atoms with Gasteiger partial charge in [-0.2, -0.15) is 0 Å². The molecule has 3 aromatic rings. The topological polar surface area (TPSA) is 75.7 Å². The molecule has 0 radical (unpaired) electrons. The van der Waals surface area contributed by atoms with E-state index in [0.29, 0.717) is 31.0 Å². The molecule has 6 nitrogen and oxygen atoms in total. The van der Waals surface area contributed by atoms with Crippen LogP contribution in [0.4, 0.5) is 5.69 Å². The van der Waals surface area contributed by atoms with Crippen molar-refractivity contribution >= 4 is 33.0 Å². The van der Waals surface area contributed by atoms with Crippen molar-refractivity contribution in [3.8, 4) is 5.75 Å². The van der Waals surface area contributed by atoms with Crippen LogP contribution in [0.1, 0.15) is 22.2 Å². The summed E-state index contributed by atoms with van der Waals surface area (Å²) in [6.45, 7) is 2.84. The van der Waals surface area contributed by atoms with Crippen molar-refractivity contribution in [3.05, 3.63) is 76.5 Å². The number of rotatable bonds is 9. The molecule has 158 valence electrons. The maximum absolute atomic E-state index is 13.1. The Morgan fingerprint density at radius 1 is 1.07 bits per heavy atom. The van der Waals surface area contributed by atoms with E-state index in [1.54, 1.807) is 29.6 Å². The van der Waals surface area contributed by atoms with Gasteiger partial charge in [-0.05, 0) is 54.6 Å². The lowest BCUT2D eigenvalue weighted by molar-refractivity contribution is 0.0955. The lowest BCUT2D eigenvalue weighted by Gasteiger charge is -2.20. The molecule has 0 aliphatic heterocycles. The largest absolute Gasteiger partial charge is 0.494 e. The van der Waals surface area contributed by atoms with E-state index in [9.17, 15) is 13.2 Å². The third-order valence-corrected chi connectivity index (χ3v) is 7.40. The number of thiophene rings is 1. The molecule has 0 saturated carbocycles. The Kier molecular flexibility index (Phi) is 7.12. The van der Waals surface area contributed by atoms with E-state index in [2.05, 4.69) is 5.32 Å². The summed E-state index contributed by atoms with van der Waals surface area (Å²) in [4.78, 5) is 12.8. The van der Waals surface area contributed by atoms with Gasteiger partial charge in [0.05, 0.1) is 12.3 Å². The van der Waals surface area contributed by atoms with Crippen LogP contribution in [0.5, 0.6) is 5.75 Å². The quantitative estimate of drug-likeness (QED) is 0.542. The predicted octanol–water partition coefficient (Wildman–Crippen LogP) is 3.94. The number of sulfonamides is 1. The summed E-state index contributed by atoms with van der Waals surface area (Å²) >= 11 is 1.11. The summed E-state index contributed by atoms with van der Waals surface area (Å²) in [6, 6.07) is 18.0. The zero-order chi connectivity index (χ0) is 21.6. The molecule has 8 heteroatoms. The summed E-state index contributed by atoms with van der Waals surface area (Å²) in [7, 11) is -2.41. The van der Waals surface area contributed by atoms with Crippen LogP contribution in [0.25, 0.3) is 0 Å². The molecule has 0 bridgehead atoms. The molecule has 1 N–H and O–H groups in total. The molecule has 3 rings (SSSR count). The Morgan fingerprint density at radius 2 is 1.77 bits per heavy atom. The molecule has 1 amide bonds. The molecule has 30 heavy (non-hydrogen) atoms. The van der Waals surface area contributed by atoms with Gasteiger partial charge in [-0.15, -0.1) is 11.3 Å². The average Bonchev–Trinajstić information content (AvgIpc) is 3.26. The second-order valence-electron chi connectivity index (χ2n) is 6.50. The maximum Gasteiger partial charge on any atom is 0.265 e. The van der Waals surface area contributed by atoms with Gasteiger partial charge in [0, 0.05) is 13.6 Å². The van der Waals surface area contributed by atoms with Gasteiger partial charge in [0.15, 0.2) is 0 Å². The predicted molar refractivity (Wildman–Crippen MR) is 120 cm³/mol. The van der Waals surface area contributed by atoms with Crippen LogP contribution in [0.2, 0.25) is 0 Å². The molecule has 1 heterocycles. The van der Waals surface area contributed by atoms with Crippen LogP contribution < -0.4 is 14.4 Å². The first-order valence-electron chi connectivity index (χ1n) is 9.55. The second-order valence-corrected chi connectivity index (χ2v) is 9.36. The number of carbonyl (C=O) groups is 1. The molecule has 0 unspecified atom stereocenters. The Morgan fingerprint density at radius 3 is 2.43 bits per heavy atom. The Bertz CT molecular complexity index is 1080. The standard InChI is InChI=1S/C22H24N2O4S2/c1-3-28-19-11-9-18(10-12-19)24(2)30(26,27)20-14-16-29-21(20)22(25)23-15-13-17-7-5-4-6-8-17/h4-12,14,16H,3,13,15H2,1-2H3,(H,23,25). The lowest BCUT2D eigenvalue weighted by Crippen LogP contribution is -2.30. The van der Waals surface area contributed by atoms with Crippen LogP contribution in [0.3, 0.4) is 0 Å². The molecule has 0 atom stereocenters. The second kappa shape index (κ2) is 9.77. The Labute approximate surface area is 181 Å². The van der Waals surface area contributed by atoms with E-state index in [4.69, 9.17) is 4.74 Å². The fraction of sp³-hybridized carbons (Fsp3) is 0.227. The van der Waals surface area contributed by atoms with Crippen molar-refractivity contribution in [1.82, 2.24) is 5.32 Å². The van der Waals surface area contributed by atoms with Crippen LogP contribution in [-0.2, 0) is 16.4 Å². The molecule has 0 aliphatic rings. The van der Waals surface area contributed by atoms with E-state index in [0.717, 1.165) is 16.9 Å².